The molecule has 4 nitrogen and oxygen atoms in total. The molecule has 1 aliphatic rings. The summed E-state index contributed by atoms with van der Waals surface area (Å²) in [6.45, 7) is 2.18. The number of benzene rings is 2. The number of rotatable bonds is 4. The molecular weight excluding hydrogens is 376 g/mol. The monoisotopic (exact) mass is 399 g/mol. The maximum atomic E-state index is 14.6. The van der Waals surface area contributed by atoms with Gasteiger partial charge in [0.15, 0.2) is 0 Å². The third-order valence-corrected chi connectivity index (χ3v) is 4.14. The molecule has 2 N–H and O–H groups in total. The van der Waals surface area contributed by atoms with E-state index in [1.54, 1.807) is 12.1 Å². The zero-order valence-electron chi connectivity index (χ0n) is 14.8. The normalized spacial score (nSPS) is 12.6. The van der Waals surface area contributed by atoms with E-state index < -0.39 is 0 Å². The van der Waals surface area contributed by atoms with Gasteiger partial charge in [-0.3, -0.25) is 4.79 Å². The molecule has 0 radical (unpaired) electrons. The quantitative estimate of drug-likeness (QED) is 0.824. The number of carbonyl (C=O) groups is 1. The Hall–Kier alpha value is -1.66. The Morgan fingerprint density at radius 2 is 2.00 bits per heavy atom. The molecule has 0 atom stereocenters. The zero-order valence-corrected chi connectivity index (χ0v) is 16.5. The molecule has 0 aromatic heterocycles. The number of hydrogen-bond donors (Lipinski definition) is 2. The summed E-state index contributed by atoms with van der Waals surface area (Å²) in [6, 6.07) is 10.9. The molecule has 1 heterocycles. The van der Waals surface area contributed by atoms with E-state index in [0.29, 0.717) is 24.1 Å². The predicted octanol–water partition coefficient (Wildman–Crippen LogP) is 3.63. The van der Waals surface area contributed by atoms with E-state index in [0.717, 1.165) is 24.2 Å². The van der Waals surface area contributed by atoms with E-state index in [1.807, 2.05) is 43.3 Å². The van der Waals surface area contributed by atoms with E-state index in [2.05, 4.69) is 10.6 Å². The summed E-state index contributed by atoms with van der Waals surface area (Å²) in [5, 5.41) is 5.93. The van der Waals surface area contributed by atoms with Crippen LogP contribution in [0, 0.1) is 5.82 Å². The summed E-state index contributed by atoms with van der Waals surface area (Å²) in [5.74, 6) is -0.602. The lowest BCUT2D eigenvalue weighted by Gasteiger charge is -2.19. The lowest BCUT2D eigenvalue weighted by atomic mass is 9.99. The van der Waals surface area contributed by atoms with Gasteiger partial charge in [-0.2, -0.15) is 0 Å². The topological polar surface area (TPSA) is 44.4 Å². The lowest BCUT2D eigenvalue weighted by molar-refractivity contribution is 0.102. The Balaban J connectivity index is 0.00000169. The first-order valence-electron chi connectivity index (χ1n) is 8.10. The first-order valence-corrected chi connectivity index (χ1v) is 8.10. The minimum Gasteiger partial charge on any atom is -0.319 e. The maximum absolute atomic E-state index is 14.6. The molecule has 3 rings (SSSR count). The Bertz CT molecular complexity index is 768. The van der Waals surface area contributed by atoms with Gasteiger partial charge >= 0.3 is 0 Å². The molecule has 0 fully saturated rings. The summed E-state index contributed by atoms with van der Waals surface area (Å²) in [4.78, 5) is 14.5. The molecule has 0 unspecified atom stereocenters. The van der Waals surface area contributed by atoms with Crippen LogP contribution in [0.15, 0.2) is 36.4 Å². The van der Waals surface area contributed by atoms with Gasteiger partial charge in [-0.1, -0.05) is 18.2 Å². The first kappa shape index (κ1) is 22.4. The fraction of sp³-hybridized carbons (Fsp3) is 0.316. The number of carbonyl (C=O) groups excluding carboxylic acids is 1. The van der Waals surface area contributed by atoms with Gasteiger partial charge < -0.3 is 15.5 Å². The smallest absolute Gasteiger partial charge is 0.255 e. The SMILES string of the molecule is CN(C)Cc1cccc(C(=O)Nc2ccc3c(c2F)CCNC3)c1.Cl.Cl. The predicted molar refractivity (Wildman–Crippen MR) is 108 cm³/mol. The van der Waals surface area contributed by atoms with E-state index >= 15 is 0 Å². The molecule has 0 saturated carbocycles. The molecule has 0 bridgehead atoms. The second kappa shape index (κ2) is 9.88. The Labute approximate surface area is 166 Å². The number of anilines is 1. The average Bonchev–Trinajstić information content (AvgIpc) is 2.57. The summed E-state index contributed by atoms with van der Waals surface area (Å²) < 4.78 is 14.6. The number of nitrogens with one attached hydrogen (secondary N) is 2. The van der Waals surface area contributed by atoms with Crippen molar-refractivity contribution < 1.29 is 9.18 Å². The molecule has 0 aliphatic carbocycles. The van der Waals surface area contributed by atoms with Gasteiger partial charge in [0.2, 0.25) is 0 Å². The standard InChI is InChI=1S/C19H22FN3O.2ClH/c1-23(2)12-13-4-3-5-14(10-13)19(24)22-17-7-6-15-11-21-9-8-16(15)18(17)20;;/h3-7,10,21H,8-9,11-12H2,1-2H3,(H,22,24);2*1H. The van der Waals surface area contributed by atoms with Crippen molar-refractivity contribution in [2.24, 2.45) is 0 Å². The Morgan fingerprint density at radius 1 is 1.23 bits per heavy atom. The van der Waals surface area contributed by atoms with Crippen molar-refractivity contribution in [2.75, 3.05) is 26.0 Å². The van der Waals surface area contributed by atoms with Crippen LogP contribution in [0.25, 0.3) is 0 Å². The number of halogens is 3. The van der Waals surface area contributed by atoms with Crippen molar-refractivity contribution in [1.29, 1.82) is 0 Å². The van der Waals surface area contributed by atoms with Gasteiger partial charge in [0, 0.05) is 18.7 Å². The average molecular weight is 400 g/mol. The summed E-state index contributed by atoms with van der Waals surface area (Å²) in [6.07, 6.45) is 0.642. The molecule has 2 aromatic rings. The first-order chi connectivity index (χ1) is 11.5. The van der Waals surface area contributed by atoms with Gasteiger partial charge in [0.1, 0.15) is 5.82 Å². The van der Waals surface area contributed by atoms with Gasteiger partial charge in [-0.15, -0.1) is 24.8 Å². The van der Waals surface area contributed by atoms with Crippen LogP contribution in [0.2, 0.25) is 0 Å². The van der Waals surface area contributed by atoms with Crippen LogP contribution in [-0.2, 0) is 19.5 Å². The highest BCUT2D eigenvalue weighted by atomic mass is 35.5. The van der Waals surface area contributed by atoms with Gasteiger partial charge in [0.05, 0.1) is 5.69 Å². The van der Waals surface area contributed by atoms with Gasteiger partial charge in [0.25, 0.3) is 5.91 Å². The van der Waals surface area contributed by atoms with Crippen molar-refractivity contribution in [1.82, 2.24) is 10.2 Å². The van der Waals surface area contributed by atoms with Crippen LogP contribution in [0.5, 0.6) is 0 Å². The summed E-state index contributed by atoms with van der Waals surface area (Å²) in [5.41, 5.74) is 3.49. The molecule has 7 heteroatoms. The van der Waals surface area contributed by atoms with Crippen molar-refractivity contribution in [3.63, 3.8) is 0 Å². The summed E-state index contributed by atoms with van der Waals surface area (Å²) in [7, 11) is 3.95. The highest BCUT2D eigenvalue weighted by Gasteiger charge is 2.18. The van der Waals surface area contributed by atoms with Crippen molar-refractivity contribution >= 4 is 36.4 Å². The fourth-order valence-electron chi connectivity index (χ4n) is 3.00. The summed E-state index contributed by atoms with van der Waals surface area (Å²) >= 11 is 0. The third kappa shape index (κ3) is 5.17. The number of hydrogen-bond acceptors (Lipinski definition) is 3. The molecule has 26 heavy (non-hydrogen) atoms. The van der Waals surface area contributed by atoms with Crippen LogP contribution in [0.4, 0.5) is 10.1 Å². The second-order valence-electron chi connectivity index (χ2n) is 6.38. The van der Waals surface area contributed by atoms with Crippen molar-refractivity contribution in [3.05, 3.63) is 64.5 Å². The van der Waals surface area contributed by atoms with E-state index in [9.17, 15) is 9.18 Å². The highest BCUT2D eigenvalue weighted by Crippen LogP contribution is 2.25. The molecule has 1 amide bonds. The molecular formula is C19H24Cl2FN3O. The minimum absolute atomic E-state index is 0. The van der Waals surface area contributed by atoms with Gasteiger partial charge in [-0.25, -0.2) is 4.39 Å². The molecule has 0 saturated heterocycles. The fourth-order valence-corrected chi connectivity index (χ4v) is 3.00. The zero-order chi connectivity index (χ0) is 17.1. The molecule has 2 aromatic carbocycles. The Morgan fingerprint density at radius 3 is 2.73 bits per heavy atom. The van der Waals surface area contributed by atoms with Gasteiger partial charge in [-0.05, 0) is 62.0 Å². The van der Waals surface area contributed by atoms with Crippen molar-refractivity contribution in [3.8, 4) is 0 Å². The highest BCUT2D eigenvalue weighted by molar-refractivity contribution is 6.04. The largest absolute Gasteiger partial charge is 0.319 e. The van der Waals surface area contributed by atoms with Crippen LogP contribution >= 0.6 is 24.8 Å². The molecule has 142 valence electrons. The minimum atomic E-state index is -0.313. The molecule has 0 spiro atoms. The van der Waals surface area contributed by atoms with Crippen LogP contribution in [0.1, 0.15) is 27.0 Å². The lowest BCUT2D eigenvalue weighted by Crippen LogP contribution is -2.25. The van der Waals surface area contributed by atoms with E-state index in [-0.39, 0.29) is 42.2 Å². The van der Waals surface area contributed by atoms with Crippen LogP contribution < -0.4 is 10.6 Å². The number of amides is 1. The van der Waals surface area contributed by atoms with E-state index in [1.165, 1.54) is 0 Å². The second-order valence-corrected chi connectivity index (χ2v) is 6.38. The van der Waals surface area contributed by atoms with Crippen molar-refractivity contribution in [2.45, 2.75) is 19.5 Å². The number of fused-ring (bicyclic) bond motifs is 1. The maximum Gasteiger partial charge on any atom is 0.255 e. The molecule has 1 aliphatic heterocycles. The van der Waals surface area contributed by atoms with Crippen LogP contribution in [0.3, 0.4) is 0 Å². The Kier molecular flexibility index (Phi) is 8.50. The van der Waals surface area contributed by atoms with E-state index in [4.69, 9.17) is 0 Å². The third-order valence-electron chi connectivity index (χ3n) is 4.14. The van der Waals surface area contributed by atoms with Crippen LogP contribution in [-0.4, -0.2) is 31.4 Å². The number of nitrogens with zero attached hydrogens (tertiary/aromatic N) is 1.